The maximum Gasteiger partial charge on any atom is 0.184 e. The van der Waals surface area contributed by atoms with Crippen molar-refractivity contribution < 1.29 is 14.6 Å². The fourth-order valence-corrected chi connectivity index (χ4v) is 5.91. The van der Waals surface area contributed by atoms with Crippen molar-refractivity contribution >= 4 is 11.8 Å². The van der Waals surface area contributed by atoms with Gasteiger partial charge in [0.2, 0.25) is 0 Å². The molecule has 2 atom stereocenters. The molecule has 1 fully saturated rings. The Morgan fingerprint density at radius 3 is 2.17 bits per heavy atom. The number of hydrogen-bond acceptors (Lipinski definition) is 4. The molecule has 2 aliphatic heterocycles. The highest BCUT2D eigenvalue weighted by Gasteiger charge is 2.45. The van der Waals surface area contributed by atoms with Crippen molar-refractivity contribution in [2.75, 3.05) is 19.0 Å². The van der Waals surface area contributed by atoms with E-state index in [0.29, 0.717) is 13.2 Å². The van der Waals surface area contributed by atoms with Gasteiger partial charge in [0.25, 0.3) is 0 Å². The third kappa shape index (κ3) is 3.38. The Kier molecular flexibility index (Phi) is 5.19. The van der Waals surface area contributed by atoms with Crippen molar-refractivity contribution in [3.8, 4) is 0 Å². The molecule has 1 saturated heterocycles. The van der Waals surface area contributed by atoms with Crippen LogP contribution in [0.25, 0.3) is 0 Å². The summed E-state index contributed by atoms with van der Waals surface area (Å²) in [5.41, 5.74) is 5.37. The van der Waals surface area contributed by atoms with Crippen LogP contribution in [0.2, 0.25) is 0 Å². The molecule has 3 nitrogen and oxygen atoms in total. The van der Waals surface area contributed by atoms with Crippen LogP contribution in [0.3, 0.4) is 0 Å². The van der Waals surface area contributed by atoms with Gasteiger partial charge in [-0.15, -0.1) is 11.8 Å². The summed E-state index contributed by atoms with van der Waals surface area (Å²) in [5.74, 6) is 0.787. The van der Waals surface area contributed by atoms with Gasteiger partial charge < -0.3 is 14.6 Å². The van der Waals surface area contributed by atoms with Gasteiger partial charge in [0.05, 0.1) is 13.2 Å². The zero-order valence-electron chi connectivity index (χ0n) is 17.3. The van der Waals surface area contributed by atoms with Crippen molar-refractivity contribution in [1.29, 1.82) is 0 Å². The molecule has 1 N–H and O–H groups in total. The first kappa shape index (κ1) is 19.8. The van der Waals surface area contributed by atoms with Gasteiger partial charge in [-0.1, -0.05) is 66.2 Å². The highest BCUT2D eigenvalue weighted by Crippen LogP contribution is 2.52. The second kappa shape index (κ2) is 7.86. The fourth-order valence-electron chi connectivity index (χ4n) is 4.48. The van der Waals surface area contributed by atoms with Crippen LogP contribution in [0.5, 0.6) is 0 Å². The Morgan fingerprint density at radius 1 is 0.833 bits per heavy atom. The first-order valence-corrected chi connectivity index (χ1v) is 11.4. The maximum absolute atomic E-state index is 12.3. The third-order valence-electron chi connectivity index (χ3n) is 6.18. The molecule has 0 radical (unpaired) electrons. The summed E-state index contributed by atoms with van der Waals surface area (Å²) in [6.45, 7) is 5.43. The number of benzene rings is 3. The number of thioether (sulfide) groups is 1. The molecule has 4 heteroatoms. The van der Waals surface area contributed by atoms with E-state index in [1.54, 1.807) is 0 Å². The van der Waals surface area contributed by atoms with Gasteiger partial charge in [-0.3, -0.25) is 0 Å². The first-order chi connectivity index (χ1) is 14.6. The quantitative estimate of drug-likeness (QED) is 0.612. The highest BCUT2D eigenvalue weighted by molar-refractivity contribution is 7.99. The number of fused-ring (bicyclic) bond motifs is 1. The maximum atomic E-state index is 12.3. The molecule has 2 heterocycles. The van der Waals surface area contributed by atoms with Crippen LogP contribution >= 0.6 is 11.8 Å². The smallest absolute Gasteiger partial charge is 0.184 e. The average Bonchev–Trinajstić information content (AvgIpc) is 3.30. The molecular formula is C26H26O3S. The summed E-state index contributed by atoms with van der Waals surface area (Å²) >= 11 is 1.83. The highest BCUT2D eigenvalue weighted by atomic mass is 32.2. The Morgan fingerprint density at radius 2 is 1.47 bits per heavy atom. The van der Waals surface area contributed by atoms with Crippen molar-refractivity contribution in [2.24, 2.45) is 0 Å². The normalized spacial score (nSPS) is 24.0. The van der Waals surface area contributed by atoms with Crippen LogP contribution < -0.4 is 0 Å². The molecule has 3 aromatic rings. The van der Waals surface area contributed by atoms with Crippen LogP contribution in [0, 0.1) is 13.8 Å². The Bertz CT molecular complexity index is 1040. The summed E-state index contributed by atoms with van der Waals surface area (Å²) < 4.78 is 11.3. The van der Waals surface area contributed by atoms with E-state index in [1.165, 1.54) is 11.1 Å². The van der Waals surface area contributed by atoms with Crippen molar-refractivity contribution in [1.82, 2.24) is 0 Å². The summed E-state index contributed by atoms with van der Waals surface area (Å²) in [5, 5.41) is 12.3. The van der Waals surface area contributed by atoms with E-state index in [2.05, 4.69) is 56.3 Å². The second-order valence-electron chi connectivity index (χ2n) is 8.24. The third-order valence-corrected chi connectivity index (χ3v) is 7.33. The van der Waals surface area contributed by atoms with Gasteiger partial charge >= 0.3 is 0 Å². The van der Waals surface area contributed by atoms with Gasteiger partial charge in [-0.05, 0) is 36.6 Å². The van der Waals surface area contributed by atoms with E-state index >= 15 is 0 Å². The molecular weight excluding hydrogens is 392 g/mol. The number of ether oxygens (including phenoxy) is 2. The lowest BCUT2D eigenvalue weighted by Crippen LogP contribution is -2.39. The molecule has 5 rings (SSSR count). The fraction of sp³-hybridized carbons (Fsp3) is 0.308. The van der Waals surface area contributed by atoms with Gasteiger partial charge in [0.1, 0.15) is 5.60 Å². The summed E-state index contributed by atoms with van der Waals surface area (Å²) in [4.78, 5) is 1.16. The number of rotatable bonds is 3. The Balaban J connectivity index is 1.62. The first-order valence-electron chi connectivity index (χ1n) is 10.4. The predicted molar refractivity (Wildman–Crippen MR) is 120 cm³/mol. The molecule has 30 heavy (non-hydrogen) atoms. The SMILES string of the molecule is Cc1ccc(C2CSc3cc(C)ccc3C2(O)c2ccc(C3OCCO3)cc2)cc1. The lowest BCUT2D eigenvalue weighted by molar-refractivity contribution is -0.0442. The van der Waals surface area contributed by atoms with Crippen LogP contribution in [0.15, 0.2) is 71.6 Å². The predicted octanol–water partition coefficient (Wildman–Crippen LogP) is 5.47. The Labute approximate surface area is 182 Å². The molecule has 0 spiro atoms. The van der Waals surface area contributed by atoms with Crippen LogP contribution in [0.4, 0.5) is 0 Å². The van der Waals surface area contributed by atoms with E-state index in [0.717, 1.165) is 32.9 Å². The van der Waals surface area contributed by atoms with Crippen molar-refractivity contribution in [2.45, 2.75) is 36.6 Å². The average molecular weight is 419 g/mol. The minimum Gasteiger partial charge on any atom is -0.380 e. The molecule has 3 aromatic carbocycles. The lowest BCUT2D eigenvalue weighted by atomic mass is 9.73. The van der Waals surface area contributed by atoms with E-state index < -0.39 is 5.60 Å². The summed E-state index contributed by atoms with van der Waals surface area (Å²) in [7, 11) is 0. The number of aliphatic hydroxyl groups is 1. The van der Waals surface area contributed by atoms with E-state index in [4.69, 9.17) is 9.47 Å². The molecule has 0 bridgehead atoms. The lowest BCUT2D eigenvalue weighted by Gasteiger charge is -2.42. The summed E-state index contributed by atoms with van der Waals surface area (Å²) in [6.07, 6.45) is -0.307. The monoisotopic (exact) mass is 418 g/mol. The molecule has 2 unspecified atom stereocenters. The molecule has 154 valence electrons. The molecule has 2 aliphatic rings. The number of aryl methyl sites for hydroxylation is 2. The van der Waals surface area contributed by atoms with E-state index in [9.17, 15) is 5.11 Å². The van der Waals surface area contributed by atoms with Gasteiger partial charge in [-0.25, -0.2) is 0 Å². The van der Waals surface area contributed by atoms with Crippen molar-refractivity contribution in [3.05, 3.63) is 100 Å². The van der Waals surface area contributed by atoms with Crippen LogP contribution in [0.1, 0.15) is 45.6 Å². The topological polar surface area (TPSA) is 38.7 Å². The number of hydrogen-bond donors (Lipinski definition) is 1. The zero-order chi connectivity index (χ0) is 20.7. The van der Waals surface area contributed by atoms with Crippen LogP contribution in [-0.2, 0) is 15.1 Å². The minimum atomic E-state index is -1.10. The molecule has 0 aliphatic carbocycles. The minimum absolute atomic E-state index is 0.0388. The van der Waals surface area contributed by atoms with Gasteiger partial charge in [-0.2, -0.15) is 0 Å². The standard InChI is InChI=1S/C26H26O3S/c1-17-3-6-19(7-4-17)23-16-30-24-15-18(2)5-12-22(24)26(23,27)21-10-8-20(9-11-21)25-28-13-14-29-25/h3-12,15,23,25,27H,13-14,16H2,1-2H3. The molecule has 0 aromatic heterocycles. The Hall–Kier alpha value is -2.11. The molecule has 0 amide bonds. The molecule has 0 saturated carbocycles. The van der Waals surface area contributed by atoms with E-state index in [1.807, 2.05) is 36.0 Å². The zero-order valence-corrected chi connectivity index (χ0v) is 18.1. The largest absolute Gasteiger partial charge is 0.380 e. The van der Waals surface area contributed by atoms with Gasteiger partial charge in [0, 0.05) is 27.7 Å². The van der Waals surface area contributed by atoms with E-state index in [-0.39, 0.29) is 12.2 Å². The summed E-state index contributed by atoms with van der Waals surface area (Å²) in [6, 6.07) is 23.0. The van der Waals surface area contributed by atoms with Crippen LogP contribution in [-0.4, -0.2) is 24.1 Å². The van der Waals surface area contributed by atoms with Crippen molar-refractivity contribution in [3.63, 3.8) is 0 Å². The van der Waals surface area contributed by atoms with Gasteiger partial charge in [0.15, 0.2) is 6.29 Å². The second-order valence-corrected chi connectivity index (χ2v) is 9.30.